The van der Waals surface area contributed by atoms with Gasteiger partial charge < -0.3 is 0 Å². The van der Waals surface area contributed by atoms with Crippen molar-refractivity contribution < 1.29 is 0 Å². The first-order valence-electron chi connectivity index (χ1n) is 21.0. The lowest BCUT2D eigenvalue weighted by atomic mass is 9.90. The molecule has 0 bridgehead atoms. The average Bonchev–Trinajstić information content (AvgIpc) is 3.37. The Hall–Kier alpha value is -8.27. The molecule has 0 saturated heterocycles. The molecule has 0 atom stereocenters. The zero-order chi connectivity index (χ0) is 41.2. The molecule has 11 aromatic rings. The molecular weight excluding hydrogens is 751 g/mol. The van der Waals surface area contributed by atoms with Crippen LogP contribution < -0.4 is 0 Å². The van der Waals surface area contributed by atoms with Gasteiger partial charge in [0, 0.05) is 33.0 Å². The van der Waals surface area contributed by atoms with Crippen LogP contribution in [0.15, 0.2) is 237 Å². The van der Waals surface area contributed by atoms with E-state index in [1.54, 1.807) is 0 Å². The van der Waals surface area contributed by atoms with Crippen LogP contribution in [0.25, 0.3) is 111 Å². The first-order valence-corrected chi connectivity index (χ1v) is 21.0. The molecule has 0 saturated carbocycles. The third kappa shape index (κ3) is 7.12. The van der Waals surface area contributed by atoms with Crippen molar-refractivity contribution in [1.82, 2.24) is 15.0 Å². The molecule has 9 aromatic carbocycles. The third-order valence-corrected chi connectivity index (χ3v) is 11.7. The lowest BCUT2D eigenvalue weighted by Gasteiger charge is -2.16. The van der Waals surface area contributed by atoms with Gasteiger partial charge in [0.15, 0.2) is 5.82 Å². The Kier molecular flexibility index (Phi) is 9.53. The smallest absolute Gasteiger partial charge is 0.160 e. The Morgan fingerprint density at radius 2 is 0.548 bits per heavy atom. The molecule has 0 fully saturated rings. The molecule has 0 aliphatic heterocycles. The number of rotatable bonds is 8. The standard InChI is InChI=1S/C59H39N3/c1-5-15-40(16-6-1)42-25-29-45(30-26-42)53-38-55(48-33-27-43(28-34-48)41-17-7-2-8-18-41)60-58-51-24-14-13-23-50(51)52(37-54(53)58)44-31-35-49(36-32-44)59-61-56(46-19-9-3-10-20-46)39-57(62-59)47-21-11-4-12-22-47/h1-39H. The van der Waals surface area contributed by atoms with Crippen molar-refractivity contribution in [2.75, 3.05) is 0 Å². The van der Waals surface area contributed by atoms with Crippen LogP contribution in [0.3, 0.4) is 0 Å². The quantitative estimate of drug-likeness (QED) is 0.144. The maximum absolute atomic E-state index is 5.47. The highest BCUT2D eigenvalue weighted by Gasteiger charge is 2.17. The summed E-state index contributed by atoms with van der Waals surface area (Å²) >= 11 is 0. The first-order chi connectivity index (χ1) is 30.7. The molecule has 0 spiro atoms. The Morgan fingerprint density at radius 3 is 1.05 bits per heavy atom. The monoisotopic (exact) mass is 789 g/mol. The molecule has 3 heteroatoms. The lowest BCUT2D eigenvalue weighted by Crippen LogP contribution is -1.96. The fraction of sp³-hybridized carbons (Fsp3) is 0. The molecule has 0 unspecified atom stereocenters. The van der Waals surface area contributed by atoms with E-state index in [0.717, 1.165) is 83.3 Å². The lowest BCUT2D eigenvalue weighted by molar-refractivity contribution is 1.18. The third-order valence-electron chi connectivity index (χ3n) is 11.7. The minimum Gasteiger partial charge on any atom is -0.247 e. The zero-order valence-electron chi connectivity index (χ0n) is 33.9. The molecule has 2 heterocycles. The van der Waals surface area contributed by atoms with Gasteiger partial charge in [-0.15, -0.1) is 0 Å². The SMILES string of the molecule is c1ccc(-c2ccc(-c3cc(-c4ccc(-c5ccccc5)cc4)c4cc(-c5ccc(-c6nc(-c7ccccc7)cc(-c7ccccc7)n6)cc5)c5ccccc5c4n3)cc2)cc1. The highest BCUT2D eigenvalue weighted by Crippen LogP contribution is 2.41. The van der Waals surface area contributed by atoms with E-state index in [1.807, 2.05) is 36.4 Å². The summed E-state index contributed by atoms with van der Waals surface area (Å²) in [5, 5.41) is 3.36. The molecule has 62 heavy (non-hydrogen) atoms. The molecule has 0 radical (unpaired) electrons. The second-order valence-electron chi connectivity index (χ2n) is 15.6. The van der Waals surface area contributed by atoms with Crippen LogP contribution in [0.5, 0.6) is 0 Å². The summed E-state index contributed by atoms with van der Waals surface area (Å²) in [4.78, 5) is 15.7. The van der Waals surface area contributed by atoms with Crippen molar-refractivity contribution in [3.63, 3.8) is 0 Å². The molecule has 0 N–H and O–H groups in total. The highest BCUT2D eigenvalue weighted by atomic mass is 14.9. The molecule has 3 nitrogen and oxygen atoms in total. The second-order valence-corrected chi connectivity index (χ2v) is 15.6. The van der Waals surface area contributed by atoms with E-state index in [9.17, 15) is 0 Å². The highest BCUT2D eigenvalue weighted by molar-refractivity contribution is 6.16. The summed E-state index contributed by atoms with van der Waals surface area (Å²) in [6.45, 7) is 0. The van der Waals surface area contributed by atoms with Gasteiger partial charge >= 0.3 is 0 Å². The predicted octanol–water partition coefficient (Wildman–Crippen LogP) is 15.5. The fourth-order valence-electron chi connectivity index (χ4n) is 8.50. The van der Waals surface area contributed by atoms with Crippen LogP contribution >= 0.6 is 0 Å². The van der Waals surface area contributed by atoms with Crippen LogP contribution in [-0.4, -0.2) is 15.0 Å². The summed E-state index contributed by atoms with van der Waals surface area (Å²) in [5.74, 6) is 0.690. The Balaban J connectivity index is 1.05. The van der Waals surface area contributed by atoms with E-state index in [-0.39, 0.29) is 0 Å². The molecular formula is C59H39N3. The van der Waals surface area contributed by atoms with Gasteiger partial charge in [-0.3, -0.25) is 0 Å². The number of aromatic nitrogens is 3. The van der Waals surface area contributed by atoms with E-state index in [4.69, 9.17) is 15.0 Å². The van der Waals surface area contributed by atoms with E-state index < -0.39 is 0 Å². The minimum absolute atomic E-state index is 0.690. The van der Waals surface area contributed by atoms with E-state index in [2.05, 4.69) is 200 Å². The molecule has 290 valence electrons. The largest absolute Gasteiger partial charge is 0.247 e. The molecule has 2 aromatic heterocycles. The van der Waals surface area contributed by atoms with Gasteiger partial charge in [-0.25, -0.2) is 15.0 Å². The van der Waals surface area contributed by atoms with Crippen molar-refractivity contribution >= 4 is 21.7 Å². The maximum atomic E-state index is 5.47. The van der Waals surface area contributed by atoms with E-state index in [1.165, 1.54) is 22.3 Å². The first kappa shape index (κ1) is 36.8. The van der Waals surface area contributed by atoms with Gasteiger partial charge in [-0.1, -0.05) is 218 Å². The van der Waals surface area contributed by atoms with Crippen molar-refractivity contribution in [3.8, 4) is 89.7 Å². The van der Waals surface area contributed by atoms with Gasteiger partial charge in [0.25, 0.3) is 0 Å². The van der Waals surface area contributed by atoms with Crippen molar-refractivity contribution in [2.45, 2.75) is 0 Å². The fourth-order valence-corrected chi connectivity index (χ4v) is 8.50. The van der Waals surface area contributed by atoms with Crippen LogP contribution in [0.4, 0.5) is 0 Å². The Morgan fingerprint density at radius 1 is 0.210 bits per heavy atom. The van der Waals surface area contributed by atoms with Gasteiger partial charge in [0.05, 0.1) is 22.6 Å². The summed E-state index contributed by atoms with van der Waals surface area (Å²) < 4.78 is 0. The van der Waals surface area contributed by atoms with Crippen LogP contribution in [0.2, 0.25) is 0 Å². The van der Waals surface area contributed by atoms with Crippen LogP contribution in [0.1, 0.15) is 0 Å². The van der Waals surface area contributed by atoms with E-state index in [0.29, 0.717) is 5.82 Å². The summed E-state index contributed by atoms with van der Waals surface area (Å²) in [6, 6.07) is 83.5. The number of hydrogen-bond donors (Lipinski definition) is 0. The summed E-state index contributed by atoms with van der Waals surface area (Å²) in [6.07, 6.45) is 0. The summed E-state index contributed by atoms with van der Waals surface area (Å²) in [7, 11) is 0. The normalized spacial score (nSPS) is 11.2. The van der Waals surface area contributed by atoms with Crippen molar-refractivity contribution in [3.05, 3.63) is 237 Å². The topological polar surface area (TPSA) is 38.7 Å². The Labute approximate surface area is 361 Å². The van der Waals surface area contributed by atoms with Gasteiger partial charge in [-0.2, -0.15) is 0 Å². The predicted molar refractivity (Wildman–Crippen MR) is 258 cm³/mol. The van der Waals surface area contributed by atoms with Gasteiger partial charge in [-0.05, 0) is 68.1 Å². The minimum atomic E-state index is 0.690. The summed E-state index contributed by atoms with van der Waals surface area (Å²) in [5.41, 5.74) is 17.1. The number of nitrogens with zero attached hydrogens (tertiary/aromatic N) is 3. The number of pyridine rings is 1. The zero-order valence-corrected chi connectivity index (χ0v) is 33.9. The van der Waals surface area contributed by atoms with Crippen molar-refractivity contribution in [1.29, 1.82) is 0 Å². The molecule has 11 rings (SSSR count). The second kappa shape index (κ2) is 16.1. The molecule has 0 aliphatic rings. The number of benzene rings is 9. The maximum Gasteiger partial charge on any atom is 0.160 e. The van der Waals surface area contributed by atoms with Gasteiger partial charge in [0.2, 0.25) is 0 Å². The molecule has 0 aliphatic carbocycles. The average molecular weight is 790 g/mol. The van der Waals surface area contributed by atoms with E-state index >= 15 is 0 Å². The van der Waals surface area contributed by atoms with Crippen LogP contribution in [-0.2, 0) is 0 Å². The molecule has 0 amide bonds. The van der Waals surface area contributed by atoms with Crippen LogP contribution in [0, 0.1) is 0 Å². The number of fused-ring (bicyclic) bond motifs is 3. The van der Waals surface area contributed by atoms with Crippen molar-refractivity contribution in [2.24, 2.45) is 0 Å². The number of hydrogen-bond acceptors (Lipinski definition) is 3. The van der Waals surface area contributed by atoms with Gasteiger partial charge in [0.1, 0.15) is 0 Å². The Bertz CT molecular complexity index is 3270.